The molecule has 14 heteroatoms. The molecule has 1 aliphatic heterocycles. The minimum Gasteiger partial charge on any atom is -0.427 e. The van der Waals surface area contributed by atoms with Crippen molar-refractivity contribution in [2.75, 3.05) is 18.9 Å². The fourth-order valence-corrected chi connectivity index (χ4v) is 5.56. The standard InChI is InChI=1S/C28H27F5N4O5/c1-34-25(40)35-18-8-9-20-19(12-18)21(30)10-11-27(20)24(39)37(26(41)42-27)14-22(38)36(13-15-2-6-17(29)7-3-15)23(16-4-5-16)28(31,32)33/h2-3,6-9,12,16,21,23H,4-5,10-11,13-14H2,1H3,(H2,34,35,40)/t21?,23-,27?/m0/s1. The quantitative estimate of drug-likeness (QED) is 0.443. The maximum Gasteiger partial charge on any atom is 0.418 e. The van der Waals surface area contributed by atoms with E-state index in [9.17, 15) is 41.1 Å². The molecule has 2 unspecified atom stereocenters. The Bertz CT molecular complexity index is 1410. The van der Waals surface area contributed by atoms with Crippen molar-refractivity contribution >= 4 is 29.6 Å². The Labute approximate surface area is 237 Å². The van der Waals surface area contributed by atoms with E-state index in [0.717, 1.165) is 12.1 Å². The Balaban J connectivity index is 1.43. The number of benzene rings is 2. The Morgan fingerprint density at radius 2 is 1.81 bits per heavy atom. The number of imide groups is 1. The number of hydrogen-bond donors (Lipinski definition) is 2. The van der Waals surface area contributed by atoms with Gasteiger partial charge in [0.15, 0.2) is 0 Å². The van der Waals surface area contributed by atoms with Crippen molar-refractivity contribution < 1.29 is 45.9 Å². The molecule has 42 heavy (non-hydrogen) atoms. The molecule has 0 radical (unpaired) electrons. The van der Waals surface area contributed by atoms with Crippen molar-refractivity contribution in [1.82, 2.24) is 15.1 Å². The highest BCUT2D eigenvalue weighted by Crippen LogP contribution is 2.49. The van der Waals surface area contributed by atoms with Crippen LogP contribution in [0.1, 0.15) is 48.5 Å². The van der Waals surface area contributed by atoms with Crippen LogP contribution in [0.25, 0.3) is 0 Å². The van der Waals surface area contributed by atoms with Crippen LogP contribution in [0.2, 0.25) is 0 Å². The smallest absolute Gasteiger partial charge is 0.418 e. The van der Waals surface area contributed by atoms with E-state index in [4.69, 9.17) is 4.74 Å². The zero-order chi connectivity index (χ0) is 30.4. The molecule has 5 amide bonds. The topological polar surface area (TPSA) is 108 Å². The second-order valence-corrected chi connectivity index (χ2v) is 10.6. The summed E-state index contributed by atoms with van der Waals surface area (Å²) >= 11 is 0. The summed E-state index contributed by atoms with van der Waals surface area (Å²) in [5.74, 6) is -3.62. The van der Waals surface area contributed by atoms with Gasteiger partial charge in [-0.25, -0.2) is 23.3 Å². The predicted molar refractivity (Wildman–Crippen MR) is 137 cm³/mol. The summed E-state index contributed by atoms with van der Waals surface area (Å²) in [6.45, 7) is -1.57. The van der Waals surface area contributed by atoms with Gasteiger partial charge in [-0.15, -0.1) is 0 Å². The van der Waals surface area contributed by atoms with Crippen LogP contribution < -0.4 is 10.6 Å². The molecule has 2 aromatic rings. The van der Waals surface area contributed by atoms with Gasteiger partial charge in [0.1, 0.15) is 24.6 Å². The van der Waals surface area contributed by atoms with Crippen LogP contribution in [0.4, 0.5) is 37.2 Å². The summed E-state index contributed by atoms with van der Waals surface area (Å²) in [7, 11) is 1.38. The Morgan fingerprint density at radius 1 is 1.12 bits per heavy atom. The van der Waals surface area contributed by atoms with Gasteiger partial charge in [0.2, 0.25) is 11.5 Å². The molecule has 0 aromatic heterocycles. The SMILES string of the molecule is CNC(=O)Nc1ccc2c(c1)C(F)CCC21OC(=O)N(CC(=O)N(Cc2ccc(F)cc2)[C@@H](C2CC2)C(F)(F)F)C1=O. The first-order chi connectivity index (χ1) is 19.8. The van der Waals surface area contributed by atoms with Gasteiger partial charge in [-0.2, -0.15) is 13.2 Å². The molecule has 9 nitrogen and oxygen atoms in total. The highest BCUT2D eigenvalue weighted by Gasteiger charge is 2.59. The van der Waals surface area contributed by atoms with Gasteiger partial charge in [0, 0.05) is 31.3 Å². The fourth-order valence-electron chi connectivity index (χ4n) is 5.56. The van der Waals surface area contributed by atoms with Gasteiger partial charge < -0.3 is 20.3 Å². The first-order valence-electron chi connectivity index (χ1n) is 13.3. The normalized spacial score (nSPS) is 22.4. The lowest BCUT2D eigenvalue weighted by molar-refractivity contribution is -0.196. The molecule has 3 aliphatic rings. The number of hydrogen-bond acceptors (Lipinski definition) is 5. The molecule has 5 rings (SSSR count). The highest BCUT2D eigenvalue weighted by molar-refractivity contribution is 6.06. The van der Waals surface area contributed by atoms with Crippen LogP contribution in [-0.2, 0) is 26.5 Å². The summed E-state index contributed by atoms with van der Waals surface area (Å²) in [6, 6.07) is 5.88. The zero-order valence-corrected chi connectivity index (χ0v) is 22.3. The van der Waals surface area contributed by atoms with E-state index in [2.05, 4.69) is 10.6 Å². The van der Waals surface area contributed by atoms with Crippen molar-refractivity contribution in [3.63, 3.8) is 0 Å². The molecule has 224 valence electrons. The van der Waals surface area contributed by atoms with Crippen molar-refractivity contribution in [2.24, 2.45) is 5.92 Å². The molecule has 2 N–H and O–H groups in total. The number of alkyl halides is 4. The van der Waals surface area contributed by atoms with Crippen LogP contribution in [0, 0.1) is 11.7 Å². The molecule has 1 spiro atoms. The minimum absolute atomic E-state index is 0.00622. The van der Waals surface area contributed by atoms with Gasteiger partial charge in [0.25, 0.3) is 5.91 Å². The molecule has 2 aromatic carbocycles. The second kappa shape index (κ2) is 10.9. The monoisotopic (exact) mass is 594 g/mol. The minimum atomic E-state index is -4.80. The molecule has 1 saturated carbocycles. The number of fused-ring (bicyclic) bond motifs is 2. The summed E-state index contributed by atoms with van der Waals surface area (Å²) in [6.07, 6.45) is -7.62. The predicted octanol–water partition coefficient (Wildman–Crippen LogP) is 4.93. The van der Waals surface area contributed by atoms with Crippen LogP contribution >= 0.6 is 0 Å². The van der Waals surface area contributed by atoms with Crippen molar-refractivity contribution in [1.29, 1.82) is 0 Å². The van der Waals surface area contributed by atoms with Crippen molar-refractivity contribution in [3.8, 4) is 0 Å². The third-order valence-electron chi connectivity index (χ3n) is 7.75. The van der Waals surface area contributed by atoms with Crippen LogP contribution in [0.3, 0.4) is 0 Å². The third-order valence-corrected chi connectivity index (χ3v) is 7.75. The molecular formula is C28H27F5N4O5. The number of ether oxygens (including phenoxy) is 1. The number of carbonyl (C=O) groups excluding carboxylic acids is 4. The van der Waals surface area contributed by atoms with Gasteiger partial charge in [-0.05, 0) is 60.6 Å². The van der Waals surface area contributed by atoms with E-state index < -0.39 is 72.8 Å². The van der Waals surface area contributed by atoms with Crippen molar-refractivity contribution in [3.05, 3.63) is 65.0 Å². The maximum absolute atomic E-state index is 15.0. The highest BCUT2D eigenvalue weighted by atomic mass is 19.4. The summed E-state index contributed by atoms with van der Waals surface area (Å²) < 4.78 is 76.4. The zero-order valence-electron chi connectivity index (χ0n) is 22.3. The largest absolute Gasteiger partial charge is 0.427 e. The molecular weight excluding hydrogens is 567 g/mol. The van der Waals surface area contributed by atoms with Crippen LogP contribution in [-0.4, -0.2) is 59.5 Å². The lowest BCUT2D eigenvalue weighted by Crippen LogP contribution is -2.53. The Kier molecular flexibility index (Phi) is 7.58. The summed E-state index contributed by atoms with van der Waals surface area (Å²) in [5.41, 5.74) is -1.53. The second-order valence-electron chi connectivity index (χ2n) is 10.6. The van der Waals surface area contributed by atoms with Gasteiger partial charge in [-0.1, -0.05) is 18.2 Å². The molecule has 2 aliphatic carbocycles. The van der Waals surface area contributed by atoms with Crippen molar-refractivity contribution in [2.45, 2.75) is 56.2 Å². The van der Waals surface area contributed by atoms with E-state index in [0.29, 0.717) is 9.80 Å². The number of anilines is 1. The molecule has 2 fully saturated rings. The number of nitrogens with one attached hydrogen (secondary N) is 2. The number of amides is 5. The first-order valence-corrected chi connectivity index (χ1v) is 13.3. The number of urea groups is 1. The van der Waals surface area contributed by atoms with Gasteiger partial charge in [0.05, 0.1) is 0 Å². The van der Waals surface area contributed by atoms with E-state index in [-0.39, 0.29) is 48.1 Å². The van der Waals surface area contributed by atoms with Gasteiger partial charge >= 0.3 is 18.3 Å². The first kappa shape index (κ1) is 29.3. The number of rotatable bonds is 7. The number of carbonyl (C=O) groups is 4. The molecule has 0 bridgehead atoms. The van der Waals surface area contributed by atoms with E-state index >= 15 is 0 Å². The Morgan fingerprint density at radius 3 is 2.43 bits per heavy atom. The Hall–Kier alpha value is -4.23. The molecule has 1 saturated heterocycles. The number of nitrogens with zero attached hydrogens (tertiary/aromatic N) is 2. The van der Waals surface area contributed by atoms with E-state index in [1.54, 1.807) is 0 Å². The average molecular weight is 595 g/mol. The summed E-state index contributed by atoms with van der Waals surface area (Å²) in [4.78, 5) is 52.8. The average Bonchev–Trinajstić information content (AvgIpc) is 3.74. The lowest BCUT2D eigenvalue weighted by Gasteiger charge is -2.35. The van der Waals surface area contributed by atoms with Gasteiger partial charge in [-0.3, -0.25) is 9.59 Å². The lowest BCUT2D eigenvalue weighted by atomic mass is 9.77. The summed E-state index contributed by atoms with van der Waals surface area (Å²) in [5, 5.41) is 4.83. The van der Waals surface area contributed by atoms with E-state index in [1.165, 1.54) is 37.4 Å². The third kappa shape index (κ3) is 5.49. The van der Waals surface area contributed by atoms with Crippen LogP contribution in [0.15, 0.2) is 42.5 Å². The van der Waals surface area contributed by atoms with E-state index in [1.807, 2.05) is 0 Å². The maximum atomic E-state index is 15.0. The molecule has 3 atom stereocenters. The molecule has 1 heterocycles. The number of halogens is 5. The fraction of sp³-hybridized carbons (Fsp3) is 0.429. The van der Waals surface area contributed by atoms with Crippen LogP contribution in [0.5, 0.6) is 0 Å².